The maximum Gasteiger partial charge on any atom is 0.268 e. The van der Waals surface area contributed by atoms with Gasteiger partial charge in [0.25, 0.3) is 11.8 Å². The molecule has 140 valence electrons. The van der Waals surface area contributed by atoms with Gasteiger partial charge in [-0.2, -0.15) is 0 Å². The molecule has 28 heavy (non-hydrogen) atoms. The van der Waals surface area contributed by atoms with E-state index in [0.29, 0.717) is 17.7 Å². The van der Waals surface area contributed by atoms with Gasteiger partial charge in [0.15, 0.2) is 0 Å². The first-order valence-electron chi connectivity index (χ1n) is 9.10. The molecule has 0 aliphatic carbocycles. The van der Waals surface area contributed by atoms with Crippen molar-refractivity contribution in [1.82, 2.24) is 10.6 Å². The minimum Gasteiger partial charge on any atom is -0.347 e. The normalized spacial score (nSPS) is 11.3. The molecule has 2 N–H and O–H groups in total. The van der Waals surface area contributed by atoms with Crippen LogP contribution in [0.1, 0.15) is 28.4 Å². The molecule has 3 aromatic rings. The molecule has 0 spiro atoms. The minimum absolute atomic E-state index is 0.246. The van der Waals surface area contributed by atoms with Gasteiger partial charge in [-0.3, -0.25) is 9.59 Å². The van der Waals surface area contributed by atoms with Crippen LogP contribution in [0.4, 0.5) is 0 Å². The molecule has 0 heterocycles. The van der Waals surface area contributed by atoms with Crippen molar-refractivity contribution in [1.29, 1.82) is 0 Å². The van der Waals surface area contributed by atoms with Crippen LogP contribution in [-0.2, 0) is 11.3 Å². The zero-order valence-corrected chi connectivity index (χ0v) is 15.7. The van der Waals surface area contributed by atoms with Gasteiger partial charge in [0.1, 0.15) is 5.70 Å². The fourth-order valence-corrected chi connectivity index (χ4v) is 2.80. The van der Waals surface area contributed by atoms with E-state index in [1.54, 1.807) is 24.3 Å². The lowest BCUT2D eigenvalue weighted by molar-refractivity contribution is -0.117. The number of hydrogen-bond donors (Lipinski definition) is 2. The number of hydrogen-bond acceptors (Lipinski definition) is 2. The first-order valence-corrected chi connectivity index (χ1v) is 9.10. The molecule has 0 saturated carbocycles. The Kier molecular flexibility index (Phi) is 6.37. The molecule has 0 fully saturated rings. The van der Waals surface area contributed by atoms with Crippen molar-refractivity contribution < 1.29 is 9.59 Å². The van der Waals surface area contributed by atoms with E-state index in [4.69, 9.17) is 0 Å². The number of benzene rings is 3. The predicted octanol–water partition coefficient (Wildman–Crippen LogP) is 4.16. The summed E-state index contributed by atoms with van der Waals surface area (Å²) in [6, 6.07) is 28.0. The van der Waals surface area contributed by atoms with Gasteiger partial charge in [-0.15, -0.1) is 0 Å². The highest BCUT2D eigenvalue weighted by molar-refractivity contribution is 6.07. The van der Waals surface area contributed by atoms with Crippen molar-refractivity contribution in [3.63, 3.8) is 0 Å². The third-order valence-corrected chi connectivity index (χ3v) is 4.38. The molecule has 0 saturated heterocycles. The molecule has 3 rings (SSSR count). The summed E-state index contributed by atoms with van der Waals surface area (Å²) in [5.74, 6) is -0.643. The Morgan fingerprint density at radius 2 is 1.21 bits per heavy atom. The number of rotatable bonds is 6. The van der Waals surface area contributed by atoms with Crippen LogP contribution in [0, 0.1) is 0 Å². The van der Waals surface area contributed by atoms with E-state index in [-0.39, 0.29) is 17.5 Å². The Hall–Kier alpha value is -3.66. The molecule has 4 heteroatoms. The third kappa shape index (κ3) is 4.95. The van der Waals surface area contributed by atoms with E-state index in [2.05, 4.69) is 10.6 Å². The van der Waals surface area contributed by atoms with E-state index >= 15 is 0 Å². The summed E-state index contributed by atoms with van der Waals surface area (Å²) in [5.41, 5.74) is 3.31. The first kappa shape index (κ1) is 19.1. The molecule has 0 bridgehead atoms. The summed E-state index contributed by atoms with van der Waals surface area (Å²) >= 11 is 0. The lowest BCUT2D eigenvalue weighted by Gasteiger charge is -2.15. The summed E-state index contributed by atoms with van der Waals surface area (Å²) in [4.78, 5) is 25.6. The third-order valence-electron chi connectivity index (χ3n) is 4.38. The van der Waals surface area contributed by atoms with Crippen molar-refractivity contribution in [3.8, 4) is 0 Å². The van der Waals surface area contributed by atoms with Gasteiger partial charge in [0, 0.05) is 12.1 Å². The van der Waals surface area contributed by atoms with Crippen LogP contribution in [0.3, 0.4) is 0 Å². The Bertz CT molecular complexity index is 965. The summed E-state index contributed by atoms with van der Waals surface area (Å²) < 4.78 is 0. The smallest absolute Gasteiger partial charge is 0.268 e. The summed E-state index contributed by atoms with van der Waals surface area (Å²) in [7, 11) is 0. The molecule has 3 aromatic carbocycles. The van der Waals surface area contributed by atoms with Crippen molar-refractivity contribution in [3.05, 3.63) is 113 Å². The van der Waals surface area contributed by atoms with E-state index < -0.39 is 0 Å². The molecule has 0 unspecified atom stereocenters. The Morgan fingerprint density at radius 1 is 0.714 bits per heavy atom. The number of carbonyl (C=O) groups is 2. The highest BCUT2D eigenvalue weighted by Crippen LogP contribution is 2.17. The minimum atomic E-state index is -0.325. The van der Waals surface area contributed by atoms with Crippen molar-refractivity contribution >= 4 is 17.4 Å². The maximum absolute atomic E-state index is 12.9. The average Bonchev–Trinajstić information content (AvgIpc) is 2.77. The highest BCUT2D eigenvalue weighted by atomic mass is 16.2. The van der Waals surface area contributed by atoms with Crippen molar-refractivity contribution in [2.45, 2.75) is 13.5 Å². The fraction of sp³-hybridized carbons (Fsp3) is 0.0833. The second kappa shape index (κ2) is 9.33. The molecule has 0 aliphatic heterocycles. The van der Waals surface area contributed by atoms with Gasteiger partial charge in [-0.1, -0.05) is 78.9 Å². The SMILES string of the molecule is CC(=C(NC(=O)c1ccccc1)C(=O)NCc1ccccc1)c1ccccc1. The second-order valence-electron chi connectivity index (χ2n) is 6.35. The molecule has 4 nitrogen and oxygen atoms in total. The van der Waals surface area contributed by atoms with Crippen LogP contribution in [0.25, 0.3) is 5.57 Å². The molecule has 0 aliphatic rings. The lowest BCUT2D eigenvalue weighted by Crippen LogP contribution is -2.35. The van der Waals surface area contributed by atoms with Crippen LogP contribution < -0.4 is 10.6 Å². The standard InChI is InChI=1S/C24H22N2O2/c1-18(20-13-7-3-8-14-20)22(26-23(27)21-15-9-4-10-16-21)24(28)25-17-19-11-5-2-6-12-19/h2-16H,17H2,1H3,(H,25,28)(H,26,27). The molecular weight excluding hydrogens is 348 g/mol. The largest absolute Gasteiger partial charge is 0.347 e. The molecule has 0 atom stereocenters. The van der Waals surface area contributed by atoms with Gasteiger partial charge < -0.3 is 10.6 Å². The fourth-order valence-electron chi connectivity index (χ4n) is 2.80. The molecular formula is C24H22N2O2. The molecule has 0 radical (unpaired) electrons. The highest BCUT2D eigenvalue weighted by Gasteiger charge is 2.18. The van der Waals surface area contributed by atoms with Crippen LogP contribution in [0.15, 0.2) is 96.7 Å². The summed E-state index contributed by atoms with van der Waals surface area (Å²) in [6.45, 7) is 2.21. The van der Waals surface area contributed by atoms with E-state index in [1.807, 2.05) is 73.7 Å². The van der Waals surface area contributed by atoms with Crippen molar-refractivity contribution in [2.75, 3.05) is 0 Å². The zero-order chi connectivity index (χ0) is 19.8. The van der Waals surface area contributed by atoms with Gasteiger partial charge in [0.2, 0.25) is 0 Å². The van der Waals surface area contributed by atoms with Crippen LogP contribution in [0.2, 0.25) is 0 Å². The number of carbonyl (C=O) groups excluding carboxylic acids is 2. The van der Waals surface area contributed by atoms with Gasteiger partial charge in [-0.05, 0) is 35.8 Å². The van der Waals surface area contributed by atoms with Crippen LogP contribution in [-0.4, -0.2) is 11.8 Å². The molecule has 0 aromatic heterocycles. The predicted molar refractivity (Wildman–Crippen MR) is 111 cm³/mol. The Labute approximate surface area is 164 Å². The van der Waals surface area contributed by atoms with Crippen molar-refractivity contribution in [2.24, 2.45) is 0 Å². The first-order chi connectivity index (χ1) is 13.6. The monoisotopic (exact) mass is 370 g/mol. The summed E-state index contributed by atoms with van der Waals surface area (Å²) in [5, 5.41) is 5.69. The van der Waals surface area contributed by atoms with Crippen LogP contribution >= 0.6 is 0 Å². The lowest BCUT2D eigenvalue weighted by atomic mass is 10.0. The Balaban J connectivity index is 1.86. The van der Waals surface area contributed by atoms with Gasteiger partial charge in [-0.25, -0.2) is 0 Å². The van der Waals surface area contributed by atoms with E-state index in [0.717, 1.165) is 11.1 Å². The van der Waals surface area contributed by atoms with E-state index in [9.17, 15) is 9.59 Å². The van der Waals surface area contributed by atoms with Gasteiger partial charge in [0.05, 0.1) is 0 Å². The number of allylic oxidation sites excluding steroid dienone is 1. The maximum atomic E-state index is 12.9. The summed E-state index contributed by atoms with van der Waals surface area (Å²) in [6.07, 6.45) is 0. The van der Waals surface area contributed by atoms with Gasteiger partial charge >= 0.3 is 0 Å². The zero-order valence-electron chi connectivity index (χ0n) is 15.7. The topological polar surface area (TPSA) is 58.2 Å². The Morgan fingerprint density at radius 3 is 1.79 bits per heavy atom. The second-order valence-corrected chi connectivity index (χ2v) is 6.35. The number of nitrogens with one attached hydrogen (secondary N) is 2. The average molecular weight is 370 g/mol. The van der Waals surface area contributed by atoms with E-state index in [1.165, 1.54) is 0 Å². The van der Waals surface area contributed by atoms with Crippen LogP contribution in [0.5, 0.6) is 0 Å². The number of amides is 2. The molecule has 2 amide bonds. The quantitative estimate of drug-likeness (QED) is 0.640.